The predicted molar refractivity (Wildman–Crippen MR) is 71.0 cm³/mol. The van der Waals surface area contributed by atoms with Gasteiger partial charge in [0, 0.05) is 34.9 Å². The summed E-state index contributed by atoms with van der Waals surface area (Å²) in [7, 11) is 0. The number of pyridine rings is 1. The maximum atomic E-state index is 4.18. The van der Waals surface area contributed by atoms with Crippen molar-refractivity contribution in [3.63, 3.8) is 0 Å². The first-order valence-corrected chi connectivity index (χ1v) is 5.94. The Balaban J connectivity index is 2.02. The lowest BCUT2D eigenvalue weighted by Crippen LogP contribution is -2.04. The van der Waals surface area contributed by atoms with Crippen molar-refractivity contribution < 1.29 is 0 Å². The standard InChI is InChI=1S/C11H11IN4/c1-8-4-13-3-2-9(8)5-14-11-15-6-10(12)7-16-11/h2-4,6-7H,5H2,1H3,(H,14,15,16). The molecule has 2 rings (SSSR count). The smallest absolute Gasteiger partial charge is 0.222 e. The zero-order valence-electron chi connectivity index (χ0n) is 8.81. The molecule has 0 fully saturated rings. The van der Waals surface area contributed by atoms with E-state index in [9.17, 15) is 0 Å². The zero-order chi connectivity index (χ0) is 11.4. The van der Waals surface area contributed by atoms with Crippen LogP contribution in [0.15, 0.2) is 30.9 Å². The van der Waals surface area contributed by atoms with Crippen molar-refractivity contribution in [1.82, 2.24) is 15.0 Å². The van der Waals surface area contributed by atoms with E-state index < -0.39 is 0 Å². The number of aryl methyl sites for hydroxylation is 1. The molecule has 0 aliphatic rings. The van der Waals surface area contributed by atoms with E-state index in [0.717, 1.165) is 10.1 Å². The van der Waals surface area contributed by atoms with Crippen molar-refractivity contribution in [2.24, 2.45) is 0 Å². The number of rotatable bonds is 3. The third-order valence-electron chi connectivity index (χ3n) is 2.19. The lowest BCUT2D eigenvalue weighted by molar-refractivity contribution is 1.03. The second kappa shape index (κ2) is 5.20. The summed E-state index contributed by atoms with van der Waals surface area (Å²) in [6, 6.07) is 2.00. The molecule has 16 heavy (non-hydrogen) atoms. The van der Waals surface area contributed by atoms with Gasteiger partial charge < -0.3 is 5.32 Å². The Morgan fingerprint density at radius 2 is 2.00 bits per heavy atom. The quantitative estimate of drug-likeness (QED) is 0.880. The van der Waals surface area contributed by atoms with E-state index >= 15 is 0 Å². The van der Waals surface area contributed by atoms with Gasteiger partial charge in [0.1, 0.15) is 0 Å². The van der Waals surface area contributed by atoms with Crippen molar-refractivity contribution in [1.29, 1.82) is 0 Å². The van der Waals surface area contributed by atoms with Gasteiger partial charge in [-0.2, -0.15) is 0 Å². The summed E-state index contributed by atoms with van der Waals surface area (Å²) in [4.78, 5) is 12.4. The van der Waals surface area contributed by atoms with Gasteiger partial charge in [-0.1, -0.05) is 0 Å². The summed E-state index contributed by atoms with van der Waals surface area (Å²) in [5.74, 6) is 0.650. The van der Waals surface area contributed by atoms with Gasteiger partial charge in [0.15, 0.2) is 0 Å². The van der Waals surface area contributed by atoms with E-state index in [2.05, 4.69) is 42.9 Å². The Kier molecular flexibility index (Phi) is 3.66. The number of hydrogen-bond donors (Lipinski definition) is 1. The first kappa shape index (κ1) is 11.3. The van der Waals surface area contributed by atoms with E-state index in [0.29, 0.717) is 5.95 Å². The topological polar surface area (TPSA) is 50.7 Å². The van der Waals surface area contributed by atoms with E-state index in [1.165, 1.54) is 11.1 Å². The largest absolute Gasteiger partial charge is 0.350 e. The van der Waals surface area contributed by atoms with Crippen molar-refractivity contribution in [2.45, 2.75) is 13.5 Å². The lowest BCUT2D eigenvalue weighted by Gasteiger charge is -2.06. The van der Waals surface area contributed by atoms with E-state index in [-0.39, 0.29) is 0 Å². The van der Waals surface area contributed by atoms with Crippen molar-refractivity contribution in [3.8, 4) is 0 Å². The third kappa shape index (κ3) is 2.88. The number of halogens is 1. The maximum Gasteiger partial charge on any atom is 0.222 e. The van der Waals surface area contributed by atoms with Crippen molar-refractivity contribution in [2.75, 3.05) is 5.32 Å². The fourth-order valence-corrected chi connectivity index (χ4v) is 1.56. The lowest BCUT2D eigenvalue weighted by atomic mass is 10.1. The van der Waals surface area contributed by atoms with Crippen LogP contribution in [0, 0.1) is 10.5 Å². The van der Waals surface area contributed by atoms with Crippen LogP contribution in [0.1, 0.15) is 11.1 Å². The summed E-state index contributed by atoms with van der Waals surface area (Å²) in [5.41, 5.74) is 2.37. The van der Waals surface area contributed by atoms with E-state index in [1.54, 1.807) is 18.6 Å². The molecule has 0 amide bonds. The highest BCUT2D eigenvalue weighted by atomic mass is 127. The number of anilines is 1. The highest BCUT2D eigenvalue weighted by Crippen LogP contribution is 2.08. The molecule has 0 saturated carbocycles. The van der Waals surface area contributed by atoms with Gasteiger partial charge in [-0.3, -0.25) is 4.98 Å². The molecule has 2 aromatic rings. The SMILES string of the molecule is Cc1cnccc1CNc1ncc(I)cn1. The molecular formula is C11H11IN4. The van der Waals surface area contributed by atoms with Gasteiger partial charge in [0.25, 0.3) is 0 Å². The molecule has 2 heterocycles. The summed E-state index contributed by atoms with van der Waals surface area (Å²) < 4.78 is 1.03. The molecule has 0 spiro atoms. The molecule has 0 aliphatic heterocycles. The molecule has 0 aliphatic carbocycles. The average molecular weight is 326 g/mol. The minimum Gasteiger partial charge on any atom is -0.350 e. The van der Waals surface area contributed by atoms with Gasteiger partial charge in [-0.15, -0.1) is 0 Å². The Labute approximate surface area is 108 Å². The van der Waals surface area contributed by atoms with Crippen LogP contribution < -0.4 is 5.32 Å². The van der Waals surface area contributed by atoms with Crippen molar-refractivity contribution in [3.05, 3.63) is 45.6 Å². The van der Waals surface area contributed by atoms with Gasteiger partial charge in [-0.05, 0) is 46.7 Å². The summed E-state index contributed by atoms with van der Waals surface area (Å²) in [6.45, 7) is 2.76. The molecule has 1 N–H and O–H groups in total. The number of nitrogens with zero attached hydrogens (tertiary/aromatic N) is 3. The summed E-state index contributed by atoms with van der Waals surface area (Å²) in [6.07, 6.45) is 7.22. The molecule has 0 unspecified atom stereocenters. The second-order valence-electron chi connectivity index (χ2n) is 3.38. The Hall–Kier alpha value is -1.24. The third-order valence-corrected chi connectivity index (χ3v) is 2.75. The number of hydrogen-bond acceptors (Lipinski definition) is 4. The minimum absolute atomic E-state index is 0.650. The fraction of sp³-hybridized carbons (Fsp3) is 0.182. The molecule has 0 radical (unpaired) electrons. The van der Waals surface area contributed by atoms with E-state index in [1.807, 2.05) is 19.2 Å². The maximum absolute atomic E-state index is 4.18. The summed E-state index contributed by atoms with van der Waals surface area (Å²) >= 11 is 2.18. The number of aromatic nitrogens is 3. The van der Waals surface area contributed by atoms with Gasteiger partial charge >= 0.3 is 0 Å². The molecule has 0 saturated heterocycles. The van der Waals surface area contributed by atoms with Crippen LogP contribution in [0.4, 0.5) is 5.95 Å². The molecule has 4 nitrogen and oxygen atoms in total. The van der Waals surface area contributed by atoms with Crippen LogP contribution in [0.3, 0.4) is 0 Å². The zero-order valence-corrected chi connectivity index (χ0v) is 11.0. The number of nitrogens with one attached hydrogen (secondary N) is 1. The monoisotopic (exact) mass is 326 g/mol. The van der Waals surface area contributed by atoms with Crippen LogP contribution in [0.25, 0.3) is 0 Å². The fourth-order valence-electron chi connectivity index (χ4n) is 1.28. The first-order chi connectivity index (χ1) is 7.75. The van der Waals surface area contributed by atoms with E-state index in [4.69, 9.17) is 0 Å². The van der Waals surface area contributed by atoms with Crippen LogP contribution in [-0.2, 0) is 6.54 Å². The predicted octanol–water partition coefficient (Wildman–Crippen LogP) is 2.40. The molecule has 0 aromatic carbocycles. The van der Waals surface area contributed by atoms with Gasteiger partial charge in [-0.25, -0.2) is 9.97 Å². The Morgan fingerprint density at radius 3 is 2.69 bits per heavy atom. The van der Waals surface area contributed by atoms with Crippen LogP contribution in [0.2, 0.25) is 0 Å². The normalized spacial score (nSPS) is 10.1. The first-order valence-electron chi connectivity index (χ1n) is 4.86. The molecule has 0 bridgehead atoms. The highest BCUT2D eigenvalue weighted by Gasteiger charge is 1.99. The Morgan fingerprint density at radius 1 is 1.25 bits per heavy atom. The molecule has 5 heteroatoms. The van der Waals surface area contributed by atoms with Gasteiger partial charge in [0.2, 0.25) is 5.95 Å². The average Bonchev–Trinajstić information content (AvgIpc) is 2.30. The molecule has 82 valence electrons. The molecule has 2 aromatic heterocycles. The summed E-state index contributed by atoms with van der Waals surface area (Å²) in [5, 5.41) is 3.18. The Bertz CT molecular complexity index is 470. The van der Waals surface area contributed by atoms with Crippen molar-refractivity contribution >= 4 is 28.5 Å². The highest BCUT2D eigenvalue weighted by molar-refractivity contribution is 14.1. The van der Waals surface area contributed by atoms with Crippen LogP contribution in [-0.4, -0.2) is 15.0 Å². The molecular weight excluding hydrogens is 315 g/mol. The molecule has 0 atom stereocenters. The van der Waals surface area contributed by atoms with Crippen LogP contribution in [0.5, 0.6) is 0 Å². The van der Waals surface area contributed by atoms with Crippen LogP contribution >= 0.6 is 22.6 Å². The minimum atomic E-state index is 0.650. The second-order valence-corrected chi connectivity index (χ2v) is 4.63. The van der Waals surface area contributed by atoms with Gasteiger partial charge in [0.05, 0.1) is 0 Å².